The normalized spacial score (nSPS) is 29.6. The molecule has 2 saturated carbocycles. The van der Waals surface area contributed by atoms with Crippen molar-refractivity contribution in [3.63, 3.8) is 0 Å². The Labute approximate surface area is 220 Å². The van der Waals surface area contributed by atoms with Crippen molar-refractivity contribution in [1.82, 2.24) is 25.3 Å². The quantitative estimate of drug-likeness (QED) is 0.446. The maximum absolute atomic E-state index is 15.1. The van der Waals surface area contributed by atoms with Crippen molar-refractivity contribution in [3.8, 4) is 6.07 Å². The summed E-state index contributed by atoms with van der Waals surface area (Å²) >= 11 is 0. The second kappa shape index (κ2) is 10.5. The summed E-state index contributed by atoms with van der Waals surface area (Å²) < 4.78 is 31.8. The number of nitrogens with one attached hydrogen (secondary N) is 3. The SMILES string of the molecule is Cn1cc(NC(CC2CC2)C(=O)N2C3CCC(C2C(=O)NC(C#N)CC2CCCNC2=O)C(F)(F)C3)cn1. The summed E-state index contributed by atoms with van der Waals surface area (Å²) in [7, 11) is 1.76. The molecule has 3 N–H and O–H groups in total. The lowest BCUT2D eigenvalue weighted by atomic mass is 9.71. The first-order chi connectivity index (χ1) is 18.2. The molecule has 206 valence electrons. The number of aryl methyl sites for hydroxylation is 1. The number of carbonyl (C=O) groups excluding carboxylic acids is 3. The maximum atomic E-state index is 15.1. The van der Waals surface area contributed by atoms with Crippen molar-refractivity contribution in [2.45, 2.75) is 87.9 Å². The molecule has 6 atom stereocenters. The number of aromatic nitrogens is 2. The monoisotopic (exact) mass is 531 g/mol. The standard InChI is InChI=1S/C26H35F2N7O3/c1-34-14-18(13-31-34)32-21(9-15-4-5-15)25(38)35-19-6-7-20(26(27,28)11-19)22(35)24(37)33-17(12-29)10-16-3-2-8-30-23(16)36/h13-17,19-22,32H,2-11H2,1H3,(H,30,36)(H,33,37). The van der Waals surface area contributed by atoms with E-state index >= 15 is 8.78 Å². The molecule has 0 aromatic carbocycles. The molecule has 3 aliphatic heterocycles. The minimum Gasteiger partial charge on any atom is -0.371 e. The molecule has 6 unspecified atom stereocenters. The lowest BCUT2D eigenvalue weighted by Crippen LogP contribution is -2.70. The smallest absolute Gasteiger partial charge is 0.255 e. The van der Waals surface area contributed by atoms with Crippen LogP contribution in [0.1, 0.15) is 57.8 Å². The van der Waals surface area contributed by atoms with Crippen LogP contribution in [-0.2, 0) is 21.4 Å². The number of amides is 3. The zero-order valence-corrected chi connectivity index (χ0v) is 21.5. The molecular weight excluding hydrogens is 496 g/mol. The second-order valence-corrected chi connectivity index (χ2v) is 11.3. The first kappa shape index (κ1) is 26.4. The largest absolute Gasteiger partial charge is 0.371 e. The predicted molar refractivity (Wildman–Crippen MR) is 133 cm³/mol. The number of nitrogens with zero attached hydrogens (tertiary/aromatic N) is 4. The summed E-state index contributed by atoms with van der Waals surface area (Å²) in [6, 6.07) is -1.81. The molecule has 3 amide bonds. The highest BCUT2D eigenvalue weighted by atomic mass is 19.3. The highest BCUT2D eigenvalue weighted by molar-refractivity contribution is 5.92. The Morgan fingerprint density at radius 3 is 2.68 bits per heavy atom. The van der Waals surface area contributed by atoms with Gasteiger partial charge in [0, 0.05) is 38.2 Å². The van der Waals surface area contributed by atoms with Crippen LogP contribution in [0.25, 0.3) is 0 Å². The number of halogens is 2. The lowest BCUT2D eigenvalue weighted by molar-refractivity contribution is -0.194. The van der Waals surface area contributed by atoms with E-state index in [2.05, 4.69) is 21.0 Å². The molecule has 38 heavy (non-hydrogen) atoms. The minimum atomic E-state index is -3.09. The molecule has 2 bridgehead atoms. The molecule has 10 nitrogen and oxygen atoms in total. The number of hydrogen-bond donors (Lipinski definition) is 3. The third kappa shape index (κ3) is 5.47. The van der Waals surface area contributed by atoms with Gasteiger partial charge in [0.05, 0.1) is 23.9 Å². The Morgan fingerprint density at radius 2 is 2.05 bits per heavy atom. The molecule has 4 heterocycles. The van der Waals surface area contributed by atoms with E-state index in [1.165, 1.54) is 4.90 Å². The zero-order chi connectivity index (χ0) is 27.0. The van der Waals surface area contributed by atoms with Crippen molar-refractivity contribution < 1.29 is 23.2 Å². The Morgan fingerprint density at radius 1 is 1.26 bits per heavy atom. The summed E-state index contributed by atoms with van der Waals surface area (Å²) in [5.74, 6) is -5.76. The highest BCUT2D eigenvalue weighted by Gasteiger charge is 2.61. The molecule has 1 aromatic heterocycles. The number of hydrogen-bond acceptors (Lipinski definition) is 6. The van der Waals surface area contributed by atoms with Gasteiger partial charge in [-0.2, -0.15) is 10.4 Å². The first-order valence-corrected chi connectivity index (χ1v) is 13.6. The zero-order valence-electron chi connectivity index (χ0n) is 21.5. The van der Waals surface area contributed by atoms with Gasteiger partial charge in [-0.15, -0.1) is 0 Å². The number of anilines is 1. The molecule has 3 saturated heterocycles. The van der Waals surface area contributed by atoms with Gasteiger partial charge in [0.15, 0.2) is 0 Å². The van der Waals surface area contributed by atoms with Gasteiger partial charge in [0.25, 0.3) is 5.92 Å². The van der Waals surface area contributed by atoms with Crippen LogP contribution in [0.5, 0.6) is 0 Å². The Bertz CT molecular complexity index is 1110. The summed E-state index contributed by atoms with van der Waals surface area (Å²) in [6.07, 6.45) is 7.44. The van der Waals surface area contributed by atoms with Crippen molar-refractivity contribution in [2.24, 2.45) is 24.8 Å². The maximum Gasteiger partial charge on any atom is 0.255 e. The van der Waals surface area contributed by atoms with Crippen molar-refractivity contribution in [2.75, 3.05) is 11.9 Å². The molecule has 12 heteroatoms. The van der Waals surface area contributed by atoms with Crippen LogP contribution in [0.4, 0.5) is 14.5 Å². The molecule has 2 aliphatic carbocycles. The van der Waals surface area contributed by atoms with Gasteiger partial charge in [-0.25, -0.2) is 8.78 Å². The van der Waals surface area contributed by atoms with Gasteiger partial charge in [-0.3, -0.25) is 19.1 Å². The average molecular weight is 532 g/mol. The number of carbonyl (C=O) groups is 3. The van der Waals surface area contributed by atoms with E-state index in [9.17, 15) is 19.6 Å². The van der Waals surface area contributed by atoms with E-state index in [4.69, 9.17) is 0 Å². The van der Waals surface area contributed by atoms with E-state index in [-0.39, 0.29) is 24.7 Å². The molecule has 5 fully saturated rings. The molecule has 5 aliphatic rings. The van der Waals surface area contributed by atoms with Gasteiger partial charge in [-0.1, -0.05) is 12.8 Å². The Kier molecular flexibility index (Phi) is 7.29. The summed E-state index contributed by atoms with van der Waals surface area (Å²) in [6.45, 7) is 0.575. The summed E-state index contributed by atoms with van der Waals surface area (Å²) in [5.41, 5.74) is 0.648. The van der Waals surface area contributed by atoms with Crippen molar-refractivity contribution in [3.05, 3.63) is 12.4 Å². The van der Waals surface area contributed by atoms with Crippen LogP contribution in [0.15, 0.2) is 12.4 Å². The summed E-state index contributed by atoms with van der Waals surface area (Å²) in [4.78, 5) is 41.1. The number of piperidine rings is 3. The second-order valence-electron chi connectivity index (χ2n) is 11.3. The van der Waals surface area contributed by atoms with Crippen LogP contribution in [0, 0.1) is 29.1 Å². The van der Waals surface area contributed by atoms with Crippen LogP contribution in [0.2, 0.25) is 0 Å². The van der Waals surface area contributed by atoms with Crippen molar-refractivity contribution in [1.29, 1.82) is 5.26 Å². The number of nitriles is 1. The van der Waals surface area contributed by atoms with Crippen LogP contribution >= 0.6 is 0 Å². The topological polar surface area (TPSA) is 132 Å². The molecular formula is C26H35F2N7O3. The van der Waals surface area contributed by atoms with E-state index in [0.29, 0.717) is 37.4 Å². The van der Waals surface area contributed by atoms with Gasteiger partial charge in [0.2, 0.25) is 17.7 Å². The first-order valence-electron chi connectivity index (χ1n) is 13.6. The minimum absolute atomic E-state index is 0.103. The van der Waals surface area contributed by atoms with Crippen LogP contribution in [-0.4, -0.2) is 69.0 Å². The molecule has 6 rings (SSSR count). The van der Waals surface area contributed by atoms with E-state index in [1.807, 2.05) is 6.07 Å². The Hall–Kier alpha value is -3.23. The van der Waals surface area contributed by atoms with Gasteiger partial charge < -0.3 is 20.9 Å². The number of alkyl halides is 2. The van der Waals surface area contributed by atoms with Gasteiger partial charge in [-0.05, 0) is 44.4 Å². The van der Waals surface area contributed by atoms with Crippen LogP contribution in [0.3, 0.4) is 0 Å². The van der Waals surface area contributed by atoms with Crippen LogP contribution < -0.4 is 16.0 Å². The number of fused-ring (bicyclic) bond motifs is 3. The number of rotatable bonds is 9. The third-order valence-corrected chi connectivity index (χ3v) is 8.46. The fraction of sp³-hybridized carbons (Fsp3) is 0.731. The molecule has 1 aromatic rings. The van der Waals surface area contributed by atoms with E-state index in [0.717, 1.165) is 19.3 Å². The lowest BCUT2D eigenvalue weighted by Gasteiger charge is -2.54. The summed E-state index contributed by atoms with van der Waals surface area (Å²) in [5, 5.41) is 22.5. The highest BCUT2D eigenvalue weighted by Crippen LogP contribution is 2.49. The van der Waals surface area contributed by atoms with Gasteiger partial charge >= 0.3 is 0 Å². The predicted octanol–water partition coefficient (Wildman–Crippen LogP) is 1.94. The third-order valence-electron chi connectivity index (χ3n) is 8.46. The molecule has 0 radical (unpaired) electrons. The average Bonchev–Trinajstić information content (AvgIpc) is 3.61. The van der Waals surface area contributed by atoms with E-state index < -0.39 is 54.3 Å². The Balaban J connectivity index is 1.37. The fourth-order valence-corrected chi connectivity index (χ4v) is 6.36. The van der Waals surface area contributed by atoms with E-state index in [1.54, 1.807) is 24.1 Å². The molecule has 0 spiro atoms. The fourth-order valence-electron chi connectivity index (χ4n) is 6.36. The van der Waals surface area contributed by atoms with Gasteiger partial charge in [0.1, 0.15) is 18.1 Å². The van der Waals surface area contributed by atoms with Crippen molar-refractivity contribution >= 4 is 23.4 Å².